The van der Waals surface area contributed by atoms with Crippen molar-refractivity contribution < 1.29 is 14.3 Å². The van der Waals surface area contributed by atoms with Crippen molar-refractivity contribution in [1.29, 1.82) is 0 Å². The minimum atomic E-state index is -0.307. The number of para-hydroxylation sites is 1. The molecule has 1 aliphatic rings. The molecule has 6 nitrogen and oxygen atoms in total. The maximum Gasteiger partial charge on any atom is 0.258 e. The number of carbonyl (C=O) groups excluding carboxylic acids is 2. The predicted molar refractivity (Wildman–Crippen MR) is 90.8 cm³/mol. The molecule has 0 bridgehead atoms. The van der Waals surface area contributed by atoms with Crippen LogP contribution in [-0.2, 0) is 9.59 Å². The van der Waals surface area contributed by atoms with E-state index in [-0.39, 0.29) is 37.4 Å². The minimum Gasteiger partial charge on any atom is -0.484 e. The van der Waals surface area contributed by atoms with Gasteiger partial charge in [0.2, 0.25) is 5.91 Å². The van der Waals surface area contributed by atoms with E-state index < -0.39 is 0 Å². The van der Waals surface area contributed by atoms with Crippen LogP contribution in [0.5, 0.6) is 5.75 Å². The van der Waals surface area contributed by atoms with Crippen molar-refractivity contribution in [3.05, 3.63) is 30.3 Å². The topological polar surface area (TPSA) is 79.5 Å². The van der Waals surface area contributed by atoms with Gasteiger partial charge in [-0.25, -0.2) is 0 Å². The molecule has 128 valence electrons. The van der Waals surface area contributed by atoms with E-state index in [0.29, 0.717) is 18.2 Å². The van der Waals surface area contributed by atoms with Gasteiger partial charge in [-0.3, -0.25) is 9.59 Å². The Morgan fingerprint density at radius 3 is 2.65 bits per heavy atom. The van der Waals surface area contributed by atoms with E-state index in [0.717, 1.165) is 25.9 Å². The average Bonchev–Trinajstić information content (AvgIpc) is 2.58. The SMILES string of the molecule is Cl.O=C(CNC(=O)COc1ccccc1)NCC1CCCNC1. The molecule has 0 spiro atoms. The van der Waals surface area contributed by atoms with Crippen LogP contribution in [0.25, 0.3) is 0 Å². The fourth-order valence-electron chi connectivity index (χ4n) is 2.31. The van der Waals surface area contributed by atoms with Crippen LogP contribution in [0, 0.1) is 5.92 Å². The first-order chi connectivity index (χ1) is 10.7. The molecule has 0 saturated carbocycles. The van der Waals surface area contributed by atoms with E-state index in [9.17, 15) is 9.59 Å². The number of amides is 2. The highest BCUT2D eigenvalue weighted by atomic mass is 35.5. The van der Waals surface area contributed by atoms with Crippen LogP contribution < -0.4 is 20.7 Å². The van der Waals surface area contributed by atoms with Crippen molar-refractivity contribution in [2.45, 2.75) is 12.8 Å². The van der Waals surface area contributed by atoms with Gasteiger partial charge in [0.15, 0.2) is 6.61 Å². The fourth-order valence-corrected chi connectivity index (χ4v) is 2.31. The second-order valence-electron chi connectivity index (χ2n) is 5.39. The number of piperidine rings is 1. The summed E-state index contributed by atoms with van der Waals surface area (Å²) in [7, 11) is 0. The molecule has 1 atom stereocenters. The van der Waals surface area contributed by atoms with E-state index in [1.165, 1.54) is 0 Å². The number of hydrogen-bond acceptors (Lipinski definition) is 4. The summed E-state index contributed by atoms with van der Waals surface area (Å²) in [6.07, 6.45) is 2.28. The zero-order chi connectivity index (χ0) is 15.6. The predicted octanol–water partition coefficient (Wildman–Crippen LogP) is 0.719. The summed E-state index contributed by atoms with van der Waals surface area (Å²) in [5.74, 6) is 0.638. The summed E-state index contributed by atoms with van der Waals surface area (Å²) in [4.78, 5) is 23.3. The van der Waals surface area contributed by atoms with Gasteiger partial charge in [0.1, 0.15) is 5.75 Å². The molecule has 7 heteroatoms. The highest BCUT2D eigenvalue weighted by molar-refractivity contribution is 5.85. The van der Waals surface area contributed by atoms with Crippen LogP contribution in [0.2, 0.25) is 0 Å². The molecule has 1 fully saturated rings. The molecule has 3 N–H and O–H groups in total. The Balaban J connectivity index is 0.00000264. The molecular formula is C16H24ClN3O3. The normalized spacial score (nSPS) is 16.8. The van der Waals surface area contributed by atoms with Crippen molar-refractivity contribution in [2.24, 2.45) is 5.92 Å². The summed E-state index contributed by atoms with van der Waals surface area (Å²) in [6, 6.07) is 9.09. The molecule has 1 heterocycles. The smallest absolute Gasteiger partial charge is 0.258 e. The fraction of sp³-hybridized carbons (Fsp3) is 0.500. The number of hydrogen-bond donors (Lipinski definition) is 3. The van der Waals surface area contributed by atoms with E-state index >= 15 is 0 Å². The lowest BCUT2D eigenvalue weighted by molar-refractivity contribution is -0.127. The van der Waals surface area contributed by atoms with Crippen molar-refractivity contribution >= 4 is 24.2 Å². The van der Waals surface area contributed by atoms with Crippen LogP contribution in [0.15, 0.2) is 30.3 Å². The van der Waals surface area contributed by atoms with Crippen molar-refractivity contribution in [3.63, 3.8) is 0 Å². The number of halogens is 1. The van der Waals surface area contributed by atoms with E-state index in [1.54, 1.807) is 12.1 Å². The molecule has 23 heavy (non-hydrogen) atoms. The van der Waals surface area contributed by atoms with Gasteiger partial charge in [0, 0.05) is 6.54 Å². The standard InChI is InChI=1S/C16H23N3O3.ClH/c20-15(18-10-13-5-4-8-17-9-13)11-19-16(21)12-22-14-6-2-1-3-7-14;/h1-3,6-7,13,17H,4-5,8-12H2,(H,18,20)(H,19,21);1H. The van der Waals surface area contributed by atoms with Crippen LogP contribution in [-0.4, -0.2) is 44.6 Å². The second kappa shape index (κ2) is 10.9. The molecule has 1 aromatic carbocycles. The zero-order valence-corrected chi connectivity index (χ0v) is 13.9. The quantitative estimate of drug-likeness (QED) is 0.683. The van der Waals surface area contributed by atoms with Crippen LogP contribution in [0.1, 0.15) is 12.8 Å². The Morgan fingerprint density at radius 2 is 1.96 bits per heavy atom. The molecule has 2 rings (SSSR count). The van der Waals surface area contributed by atoms with Gasteiger partial charge in [-0.05, 0) is 44.0 Å². The number of rotatable bonds is 7. The van der Waals surface area contributed by atoms with E-state index in [1.807, 2.05) is 18.2 Å². The van der Waals surface area contributed by atoms with Gasteiger partial charge in [-0.15, -0.1) is 12.4 Å². The zero-order valence-electron chi connectivity index (χ0n) is 13.0. The van der Waals surface area contributed by atoms with Crippen molar-refractivity contribution in [1.82, 2.24) is 16.0 Å². The minimum absolute atomic E-state index is 0. The Kier molecular flexibility index (Phi) is 9.09. The van der Waals surface area contributed by atoms with Crippen LogP contribution in [0.4, 0.5) is 0 Å². The van der Waals surface area contributed by atoms with Crippen molar-refractivity contribution in [2.75, 3.05) is 32.8 Å². The molecule has 1 unspecified atom stereocenters. The van der Waals surface area contributed by atoms with E-state index in [2.05, 4.69) is 16.0 Å². The first-order valence-electron chi connectivity index (χ1n) is 7.66. The van der Waals surface area contributed by atoms with Crippen molar-refractivity contribution in [3.8, 4) is 5.75 Å². The number of benzene rings is 1. The monoisotopic (exact) mass is 341 g/mol. The third-order valence-electron chi connectivity index (χ3n) is 3.55. The molecule has 0 aromatic heterocycles. The highest BCUT2D eigenvalue weighted by Gasteiger charge is 2.14. The second-order valence-corrected chi connectivity index (χ2v) is 5.39. The molecule has 1 aromatic rings. The number of nitrogens with one attached hydrogen (secondary N) is 3. The Morgan fingerprint density at radius 1 is 1.17 bits per heavy atom. The Bertz CT molecular complexity index is 479. The third-order valence-corrected chi connectivity index (χ3v) is 3.55. The largest absolute Gasteiger partial charge is 0.484 e. The molecule has 1 aliphatic heterocycles. The lowest BCUT2D eigenvalue weighted by Crippen LogP contribution is -2.42. The lowest BCUT2D eigenvalue weighted by Gasteiger charge is -2.22. The number of carbonyl (C=O) groups is 2. The summed E-state index contributed by atoms with van der Waals surface area (Å²) in [5, 5.41) is 8.70. The maximum atomic E-state index is 11.7. The Hall–Kier alpha value is -1.79. The van der Waals surface area contributed by atoms with Gasteiger partial charge < -0.3 is 20.7 Å². The molecule has 0 aliphatic carbocycles. The van der Waals surface area contributed by atoms with Gasteiger partial charge >= 0.3 is 0 Å². The van der Waals surface area contributed by atoms with Gasteiger partial charge in [-0.1, -0.05) is 18.2 Å². The lowest BCUT2D eigenvalue weighted by atomic mass is 10.00. The first-order valence-corrected chi connectivity index (χ1v) is 7.66. The maximum absolute atomic E-state index is 11.7. The first kappa shape index (κ1) is 19.3. The summed E-state index contributed by atoms with van der Waals surface area (Å²) in [5.41, 5.74) is 0. The highest BCUT2D eigenvalue weighted by Crippen LogP contribution is 2.08. The van der Waals surface area contributed by atoms with Gasteiger partial charge in [-0.2, -0.15) is 0 Å². The number of ether oxygens (including phenoxy) is 1. The molecule has 0 radical (unpaired) electrons. The van der Waals surface area contributed by atoms with Crippen LogP contribution >= 0.6 is 12.4 Å². The molecule has 2 amide bonds. The molecular weight excluding hydrogens is 318 g/mol. The van der Waals surface area contributed by atoms with Gasteiger partial charge in [0.05, 0.1) is 6.54 Å². The molecule has 1 saturated heterocycles. The average molecular weight is 342 g/mol. The summed E-state index contributed by atoms with van der Waals surface area (Å²) in [6.45, 7) is 2.54. The summed E-state index contributed by atoms with van der Waals surface area (Å²) < 4.78 is 5.30. The van der Waals surface area contributed by atoms with E-state index in [4.69, 9.17) is 4.74 Å². The summed E-state index contributed by atoms with van der Waals surface area (Å²) >= 11 is 0. The van der Waals surface area contributed by atoms with Crippen LogP contribution in [0.3, 0.4) is 0 Å². The Labute approximate surface area is 142 Å². The third kappa shape index (κ3) is 7.85. The van der Waals surface area contributed by atoms with Gasteiger partial charge in [0.25, 0.3) is 5.91 Å².